The molecule has 1 amide bonds. The second kappa shape index (κ2) is 10.4. The maximum absolute atomic E-state index is 12.2. The highest BCUT2D eigenvalue weighted by Crippen LogP contribution is 2.09. The van der Waals surface area contributed by atoms with Crippen LogP contribution in [0.4, 0.5) is 0 Å². The fourth-order valence-corrected chi connectivity index (χ4v) is 3.19. The Labute approximate surface area is 171 Å². The maximum Gasteiger partial charge on any atom is 0.220 e. The lowest BCUT2D eigenvalue weighted by atomic mass is 10.0. The van der Waals surface area contributed by atoms with E-state index in [0.717, 1.165) is 18.8 Å². The van der Waals surface area contributed by atoms with Gasteiger partial charge in [0.05, 0.1) is 0 Å². The number of amides is 1. The van der Waals surface area contributed by atoms with Crippen molar-refractivity contribution in [2.24, 2.45) is 0 Å². The number of nitrogens with one attached hydrogen (secondary N) is 1. The molecule has 5 heteroatoms. The van der Waals surface area contributed by atoms with Gasteiger partial charge in [0.25, 0.3) is 0 Å². The average molecular weight is 389 g/mol. The first-order valence-corrected chi connectivity index (χ1v) is 10.1. The van der Waals surface area contributed by atoms with Crippen LogP contribution in [-0.4, -0.2) is 27.8 Å². The van der Waals surface area contributed by atoms with Gasteiger partial charge in [-0.15, -0.1) is 0 Å². The molecule has 1 N–H and O–H groups in total. The largest absolute Gasteiger partial charge is 0.356 e. The number of aryl methyl sites for hydroxylation is 1. The van der Waals surface area contributed by atoms with E-state index in [4.69, 9.17) is 0 Å². The van der Waals surface area contributed by atoms with Crippen LogP contribution in [0.15, 0.2) is 67.0 Å². The number of carbonyl (C=O) groups is 2. The third-order valence-electron chi connectivity index (χ3n) is 4.93. The van der Waals surface area contributed by atoms with E-state index in [1.807, 2.05) is 48.7 Å². The molecule has 1 aromatic heterocycles. The van der Waals surface area contributed by atoms with Crippen molar-refractivity contribution in [2.45, 2.75) is 39.2 Å². The van der Waals surface area contributed by atoms with Crippen LogP contribution in [0.1, 0.15) is 47.1 Å². The van der Waals surface area contributed by atoms with E-state index in [2.05, 4.69) is 33.9 Å². The number of imidazole rings is 1. The normalized spacial score (nSPS) is 10.7. The quantitative estimate of drug-likeness (QED) is 0.536. The molecule has 3 aromatic rings. The molecule has 0 aliphatic heterocycles. The number of hydrogen-bond donors (Lipinski definition) is 1. The number of Topliss-reactive ketones (excluding diaryl/α,β-unsaturated/α-hetero) is 1. The number of hydrogen-bond acceptors (Lipinski definition) is 3. The third kappa shape index (κ3) is 6.14. The summed E-state index contributed by atoms with van der Waals surface area (Å²) in [6.07, 6.45) is 5.75. The van der Waals surface area contributed by atoms with Gasteiger partial charge in [0.15, 0.2) is 5.78 Å². The van der Waals surface area contributed by atoms with Crippen LogP contribution in [0.2, 0.25) is 0 Å². The molecule has 150 valence electrons. The Kier molecular flexibility index (Phi) is 7.34. The summed E-state index contributed by atoms with van der Waals surface area (Å²) >= 11 is 0. The van der Waals surface area contributed by atoms with Gasteiger partial charge in [-0.3, -0.25) is 9.59 Å². The molecule has 1 heterocycles. The van der Waals surface area contributed by atoms with Crippen LogP contribution in [-0.2, 0) is 24.2 Å². The van der Waals surface area contributed by atoms with Crippen molar-refractivity contribution < 1.29 is 9.59 Å². The maximum atomic E-state index is 12.2. The molecular weight excluding hydrogens is 362 g/mol. The lowest BCUT2D eigenvalue weighted by Gasteiger charge is -2.09. The molecule has 0 radical (unpaired) electrons. The predicted molar refractivity (Wildman–Crippen MR) is 114 cm³/mol. The van der Waals surface area contributed by atoms with Gasteiger partial charge in [-0.2, -0.15) is 0 Å². The third-order valence-corrected chi connectivity index (χ3v) is 4.93. The van der Waals surface area contributed by atoms with E-state index in [0.29, 0.717) is 18.5 Å². The van der Waals surface area contributed by atoms with Gasteiger partial charge in [0.1, 0.15) is 5.82 Å². The van der Waals surface area contributed by atoms with Gasteiger partial charge in [-0.25, -0.2) is 4.98 Å². The smallest absolute Gasteiger partial charge is 0.220 e. The standard InChI is InChI=1S/C24H27N3O2/c1-2-19-8-10-21(11-9-19)22(28)12-13-24(29)26-15-14-23-25-16-17-27(23)18-20-6-4-3-5-7-20/h3-11,16-17H,2,12-15,18H2,1H3,(H,26,29). The monoisotopic (exact) mass is 389 g/mol. The van der Waals surface area contributed by atoms with Crippen molar-refractivity contribution in [2.75, 3.05) is 6.54 Å². The molecule has 29 heavy (non-hydrogen) atoms. The molecular formula is C24H27N3O2. The molecule has 0 atom stereocenters. The lowest BCUT2D eigenvalue weighted by Crippen LogP contribution is -2.26. The van der Waals surface area contributed by atoms with Crippen molar-refractivity contribution in [3.8, 4) is 0 Å². The average Bonchev–Trinajstić information content (AvgIpc) is 3.19. The van der Waals surface area contributed by atoms with Crippen molar-refractivity contribution >= 4 is 11.7 Å². The zero-order chi connectivity index (χ0) is 20.5. The van der Waals surface area contributed by atoms with Crippen LogP contribution in [0, 0.1) is 0 Å². The molecule has 0 spiro atoms. The lowest BCUT2D eigenvalue weighted by molar-refractivity contribution is -0.121. The fraction of sp³-hybridized carbons (Fsp3) is 0.292. The number of benzene rings is 2. The highest BCUT2D eigenvalue weighted by molar-refractivity contribution is 5.97. The molecule has 0 unspecified atom stereocenters. The molecule has 0 fully saturated rings. The van der Waals surface area contributed by atoms with Crippen molar-refractivity contribution in [1.82, 2.24) is 14.9 Å². The highest BCUT2D eigenvalue weighted by atomic mass is 16.2. The first-order valence-electron chi connectivity index (χ1n) is 10.1. The van der Waals surface area contributed by atoms with Gasteiger partial charge in [0.2, 0.25) is 5.91 Å². The number of nitrogens with zero attached hydrogens (tertiary/aromatic N) is 2. The van der Waals surface area contributed by atoms with Gasteiger partial charge < -0.3 is 9.88 Å². The second-order valence-corrected chi connectivity index (χ2v) is 7.03. The Balaban J connectivity index is 1.41. The summed E-state index contributed by atoms with van der Waals surface area (Å²) in [7, 11) is 0. The summed E-state index contributed by atoms with van der Waals surface area (Å²) in [5.41, 5.74) is 3.07. The topological polar surface area (TPSA) is 64.0 Å². The Morgan fingerprint density at radius 1 is 0.966 bits per heavy atom. The van der Waals surface area contributed by atoms with Gasteiger partial charge in [0, 0.05) is 50.3 Å². The van der Waals surface area contributed by atoms with Crippen LogP contribution in [0.5, 0.6) is 0 Å². The Morgan fingerprint density at radius 2 is 1.72 bits per heavy atom. The summed E-state index contributed by atoms with van der Waals surface area (Å²) in [4.78, 5) is 28.7. The van der Waals surface area contributed by atoms with E-state index < -0.39 is 0 Å². The molecule has 0 saturated carbocycles. The molecule has 0 saturated heterocycles. The Morgan fingerprint density at radius 3 is 2.45 bits per heavy atom. The summed E-state index contributed by atoms with van der Waals surface area (Å²) in [5, 5.41) is 2.89. The van der Waals surface area contributed by atoms with Crippen molar-refractivity contribution in [3.05, 3.63) is 89.5 Å². The summed E-state index contributed by atoms with van der Waals surface area (Å²) < 4.78 is 2.09. The van der Waals surface area contributed by atoms with Crippen LogP contribution < -0.4 is 5.32 Å². The van der Waals surface area contributed by atoms with E-state index in [-0.39, 0.29) is 24.5 Å². The summed E-state index contributed by atoms with van der Waals surface area (Å²) in [5.74, 6) is 0.826. The second-order valence-electron chi connectivity index (χ2n) is 7.03. The zero-order valence-electron chi connectivity index (χ0n) is 16.8. The fourth-order valence-electron chi connectivity index (χ4n) is 3.19. The van der Waals surface area contributed by atoms with E-state index >= 15 is 0 Å². The molecule has 3 rings (SSSR count). The Bertz CT molecular complexity index is 930. The predicted octanol–water partition coefficient (Wildman–Crippen LogP) is 3.82. The van der Waals surface area contributed by atoms with Gasteiger partial charge in [-0.05, 0) is 17.5 Å². The molecule has 0 aliphatic carbocycles. The minimum absolute atomic E-state index is 0.00112. The molecule has 0 bridgehead atoms. The van der Waals surface area contributed by atoms with E-state index in [9.17, 15) is 9.59 Å². The molecule has 0 aliphatic rings. The van der Waals surface area contributed by atoms with Crippen LogP contribution in [0.3, 0.4) is 0 Å². The molecule has 2 aromatic carbocycles. The number of carbonyl (C=O) groups excluding carboxylic acids is 2. The number of rotatable bonds is 10. The Hall–Kier alpha value is -3.21. The van der Waals surface area contributed by atoms with Gasteiger partial charge in [-0.1, -0.05) is 61.5 Å². The number of ketones is 1. The SMILES string of the molecule is CCc1ccc(C(=O)CCC(=O)NCCc2nccn2Cc2ccccc2)cc1. The van der Waals surface area contributed by atoms with Crippen LogP contribution >= 0.6 is 0 Å². The number of aromatic nitrogens is 2. The van der Waals surface area contributed by atoms with Crippen LogP contribution in [0.25, 0.3) is 0 Å². The van der Waals surface area contributed by atoms with E-state index in [1.54, 1.807) is 6.20 Å². The van der Waals surface area contributed by atoms with Gasteiger partial charge >= 0.3 is 0 Å². The zero-order valence-corrected chi connectivity index (χ0v) is 16.8. The van der Waals surface area contributed by atoms with E-state index in [1.165, 1.54) is 11.1 Å². The summed E-state index contributed by atoms with van der Waals surface area (Å²) in [6, 6.07) is 17.8. The van der Waals surface area contributed by atoms with Crippen molar-refractivity contribution in [1.29, 1.82) is 0 Å². The first kappa shape index (κ1) is 20.5. The minimum atomic E-state index is -0.107. The first-order chi connectivity index (χ1) is 14.2. The minimum Gasteiger partial charge on any atom is -0.356 e. The summed E-state index contributed by atoms with van der Waals surface area (Å²) in [6.45, 7) is 3.34. The van der Waals surface area contributed by atoms with Crippen molar-refractivity contribution in [3.63, 3.8) is 0 Å². The highest BCUT2D eigenvalue weighted by Gasteiger charge is 2.10. The molecule has 5 nitrogen and oxygen atoms in total.